The summed E-state index contributed by atoms with van der Waals surface area (Å²) in [6.45, 7) is 5.26. The van der Waals surface area contributed by atoms with Crippen LogP contribution in [-0.4, -0.2) is 22.2 Å². The summed E-state index contributed by atoms with van der Waals surface area (Å²) in [5, 5.41) is 7.37. The molecule has 0 aliphatic heterocycles. The molecule has 0 aromatic carbocycles. The van der Waals surface area contributed by atoms with Gasteiger partial charge >= 0.3 is 0 Å². The number of fused-ring (bicyclic) bond motifs is 2. The number of hydrogen-bond acceptors (Lipinski definition) is 3. The standard InChI is InChI=1S/C15H24N4O/c1-3-19-14(13(16)9(2)18-19)15(20)17-8-12-7-10-4-5-11(12)6-10/h10-12H,3-8,16H2,1-2H3,(H,17,20). The molecule has 3 N–H and O–H groups in total. The summed E-state index contributed by atoms with van der Waals surface area (Å²) < 4.78 is 1.70. The molecule has 3 rings (SSSR count). The van der Waals surface area contributed by atoms with E-state index in [9.17, 15) is 4.79 Å². The van der Waals surface area contributed by atoms with Gasteiger partial charge in [-0.05, 0) is 50.9 Å². The van der Waals surface area contributed by atoms with Gasteiger partial charge < -0.3 is 11.1 Å². The van der Waals surface area contributed by atoms with Crippen LogP contribution in [0.25, 0.3) is 0 Å². The Labute approximate surface area is 119 Å². The van der Waals surface area contributed by atoms with Crippen molar-refractivity contribution in [1.29, 1.82) is 0 Å². The molecule has 20 heavy (non-hydrogen) atoms. The first-order chi connectivity index (χ1) is 9.60. The maximum Gasteiger partial charge on any atom is 0.271 e. The van der Waals surface area contributed by atoms with Crippen LogP contribution >= 0.6 is 0 Å². The van der Waals surface area contributed by atoms with Crippen LogP contribution in [0.5, 0.6) is 0 Å². The number of nitrogens with one attached hydrogen (secondary N) is 1. The van der Waals surface area contributed by atoms with Crippen molar-refractivity contribution >= 4 is 11.6 Å². The lowest BCUT2D eigenvalue weighted by Crippen LogP contribution is -2.33. The van der Waals surface area contributed by atoms with Gasteiger partial charge in [0, 0.05) is 13.1 Å². The first kappa shape index (κ1) is 13.5. The third-order valence-electron chi connectivity index (χ3n) is 5.10. The van der Waals surface area contributed by atoms with Crippen LogP contribution < -0.4 is 11.1 Å². The lowest BCUT2D eigenvalue weighted by atomic mass is 9.89. The van der Waals surface area contributed by atoms with Crippen molar-refractivity contribution in [3.05, 3.63) is 11.4 Å². The molecule has 0 saturated heterocycles. The number of aromatic nitrogens is 2. The first-order valence-electron chi connectivity index (χ1n) is 7.71. The molecule has 2 aliphatic carbocycles. The summed E-state index contributed by atoms with van der Waals surface area (Å²) in [5.41, 5.74) is 7.75. The molecule has 0 spiro atoms. The predicted molar refractivity (Wildman–Crippen MR) is 78.3 cm³/mol. The molecule has 2 aliphatic rings. The fourth-order valence-electron chi connectivity index (χ4n) is 4.00. The number of carbonyl (C=O) groups is 1. The van der Waals surface area contributed by atoms with E-state index in [-0.39, 0.29) is 5.91 Å². The number of nitrogens with two attached hydrogens (primary N) is 1. The molecule has 2 saturated carbocycles. The van der Waals surface area contributed by atoms with Crippen LogP contribution in [0, 0.1) is 24.7 Å². The summed E-state index contributed by atoms with van der Waals surface area (Å²) in [4.78, 5) is 12.4. The molecule has 1 aromatic heterocycles. The minimum absolute atomic E-state index is 0.0762. The second-order valence-electron chi connectivity index (χ2n) is 6.31. The van der Waals surface area contributed by atoms with Gasteiger partial charge in [-0.1, -0.05) is 6.42 Å². The highest BCUT2D eigenvalue weighted by Gasteiger charge is 2.39. The van der Waals surface area contributed by atoms with Gasteiger partial charge in [-0.2, -0.15) is 5.10 Å². The molecular formula is C15H24N4O. The molecular weight excluding hydrogens is 252 g/mol. The van der Waals surface area contributed by atoms with E-state index in [4.69, 9.17) is 5.73 Å². The van der Waals surface area contributed by atoms with Crippen molar-refractivity contribution < 1.29 is 4.79 Å². The van der Waals surface area contributed by atoms with Gasteiger partial charge in [0.1, 0.15) is 5.69 Å². The SMILES string of the molecule is CCn1nc(C)c(N)c1C(=O)NCC1CC2CCC1C2. The number of aryl methyl sites for hydroxylation is 2. The minimum atomic E-state index is -0.0762. The fourth-order valence-corrected chi connectivity index (χ4v) is 4.00. The average molecular weight is 276 g/mol. The van der Waals surface area contributed by atoms with Crippen LogP contribution in [0.1, 0.15) is 48.8 Å². The molecule has 1 amide bonds. The van der Waals surface area contributed by atoms with Crippen LogP contribution in [-0.2, 0) is 6.54 Å². The number of carbonyl (C=O) groups excluding carboxylic acids is 1. The smallest absolute Gasteiger partial charge is 0.271 e. The summed E-state index contributed by atoms with van der Waals surface area (Å²) in [7, 11) is 0. The largest absolute Gasteiger partial charge is 0.395 e. The van der Waals surface area contributed by atoms with E-state index in [0.717, 1.165) is 24.1 Å². The molecule has 1 aromatic rings. The molecule has 3 unspecified atom stereocenters. The molecule has 110 valence electrons. The second kappa shape index (κ2) is 5.11. The highest BCUT2D eigenvalue weighted by molar-refractivity contribution is 5.97. The van der Waals surface area contributed by atoms with Crippen molar-refractivity contribution in [1.82, 2.24) is 15.1 Å². The summed E-state index contributed by atoms with van der Waals surface area (Å²) >= 11 is 0. The molecule has 5 nitrogen and oxygen atoms in total. The van der Waals surface area contributed by atoms with Crippen molar-refractivity contribution in [2.75, 3.05) is 12.3 Å². The Balaban J connectivity index is 1.65. The third-order valence-corrected chi connectivity index (χ3v) is 5.10. The molecule has 5 heteroatoms. The van der Waals surface area contributed by atoms with Crippen molar-refractivity contribution in [2.24, 2.45) is 17.8 Å². The molecule has 1 heterocycles. The Morgan fingerprint density at radius 2 is 2.25 bits per heavy atom. The zero-order valence-electron chi connectivity index (χ0n) is 12.4. The Hall–Kier alpha value is -1.52. The zero-order chi connectivity index (χ0) is 14.3. The third kappa shape index (κ3) is 2.19. The summed E-state index contributed by atoms with van der Waals surface area (Å²) in [6, 6.07) is 0. The lowest BCUT2D eigenvalue weighted by molar-refractivity contribution is 0.0932. The second-order valence-corrected chi connectivity index (χ2v) is 6.31. The number of nitrogens with zero attached hydrogens (tertiary/aromatic N) is 2. The van der Waals surface area contributed by atoms with Gasteiger partial charge in [0.15, 0.2) is 0 Å². The van der Waals surface area contributed by atoms with Gasteiger partial charge in [0.2, 0.25) is 0 Å². The number of rotatable bonds is 4. The highest BCUT2D eigenvalue weighted by atomic mass is 16.2. The van der Waals surface area contributed by atoms with E-state index < -0.39 is 0 Å². The highest BCUT2D eigenvalue weighted by Crippen LogP contribution is 2.47. The van der Waals surface area contributed by atoms with E-state index in [1.165, 1.54) is 25.7 Å². The van der Waals surface area contributed by atoms with E-state index in [1.54, 1.807) is 4.68 Å². The summed E-state index contributed by atoms with van der Waals surface area (Å²) in [5.74, 6) is 2.33. The van der Waals surface area contributed by atoms with E-state index in [0.29, 0.717) is 23.8 Å². The maximum absolute atomic E-state index is 12.4. The molecule has 2 bridgehead atoms. The Morgan fingerprint density at radius 3 is 2.85 bits per heavy atom. The van der Waals surface area contributed by atoms with Gasteiger partial charge in [-0.3, -0.25) is 9.48 Å². The van der Waals surface area contributed by atoms with Crippen LogP contribution in [0.3, 0.4) is 0 Å². The number of anilines is 1. The van der Waals surface area contributed by atoms with E-state index >= 15 is 0 Å². The molecule has 2 fully saturated rings. The van der Waals surface area contributed by atoms with Crippen LogP contribution in [0.2, 0.25) is 0 Å². The zero-order valence-corrected chi connectivity index (χ0v) is 12.4. The molecule has 3 atom stereocenters. The maximum atomic E-state index is 12.4. The average Bonchev–Trinajstić information content (AvgIpc) is 3.12. The van der Waals surface area contributed by atoms with E-state index in [2.05, 4.69) is 10.4 Å². The number of nitrogen functional groups attached to an aromatic ring is 1. The predicted octanol–water partition coefficient (Wildman–Crippen LogP) is 1.96. The Morgan fingerprint density at radius 1 is 1.45 bits per heavy atom. The topological polar surface area (TPSA) is 72.9 Å². The quantitative estimate of drug-likeness (QED) is 0.883. The van der Waals surface area contributed by atoms with Gasteiger partial charge in [0.25, 0.3) is 5.91 Å². The van der Waals surface area contributed by atoms with Crippen LogP contribution in [0.15, 0.2) is 0 Å². The Bertz CT molecular complexity index is 522. The first-order valence-corrected chi connectivity index (χ1v) is 7.71. The van der Waals surface area contributed by atoms with Gasteiger partial charge in [-0.15, -0.1) is 0 Å². The van der Waals surface area contributed by atoms with Gasteiger partial charge in [-0.25, -0.2) is 0 Å². The van der Waals surface area contributed by atoms with Gasteiger partial charge in [0.05, 0.1) is 11.4 Å². The summed E-state index contributed by atoms with van der Waals surface area (Å²) in [6.07, 6.45) is 5.39. The molecule has 0 radical (unpaired) electrons. The Kier molecular flexibility index (Phi) is 3.44. The van der Waals surface area contributed by atoms with Crippen molar-refractivity contribution in [3.63, 3.8) is 0 Å². The van der Waals surface area contributed by atoms with E-state index in [1.807, 2.05) is 13.8 Å². The van der Waals surface area contributed by atoms with Crippen molar-refractivity contribution in [3.8, 4) is 0 Å². The normalized spacial score (nSPS) is 28.0. The van der Waals surface area contributed by atoms with Crippen molar-refractivity contribution in [2.45, 2.75) is 46.1 Å². The minimum Gasteiger partial charge on any atom is -0.395 e. The fraction of sp³-hybridized carbons (Fsp3) is 0.733. The monoisotopic (exact) mass is 276 g/mol. The number of hydrogen-bond donors (Lipinski definition) is 2. The lowest BCUT2D eigenvalue weighted by Gasteiger charge is -2.21. The van der Waals surface area contributed by atoms with Crippen LogP contribution in [0.4, 0.5) is 5.69 Å². The number of amides is 1.